The standard InChI is InChI=1S/C20H18N2O4S/c1-26-17-8-4-2-7-13(17)16(23)10-15(20(24)25)22-19-14(11-21)12-6-3-5-9-18(12)27-19/h2,4,7-8,10,22H,3,5-6,9H2,1H3,(H,24,25). The van der Waals surface area contributed by atoms with Crippen molar-refractivity contribution in [3.05, 3.63) is 57.6 Å². The number of nitrogens with zero attached hydrogens (tertiary/aromatic N) is 1. The number of aryl methyl sites for hydroxylation is 1. The summed E-state index contributed by atoms with van der Waals surface area (Å²) >= 11 is 1.39. The molecule has 0 bridgehead atoms. The van der Waals surface area contributed by atoms with Gasteiger partial charge in [0.05, 0.1) is 18.2 Å². The molecule has 138 valence electrons. The number of aliphatic carboxylic acids is 1. The molecule has 3 rings (SSSR count). The van der Waals surface area contributed by atoms with Crippen LogP contribution in [0, 0.1) is 11.3 Å². The number of allylic oxidation sites excluding steroid dienone is 1. The molecule has 0 atom stereocenters. The van der Waals surface area contributed by atoms with Gasteiger partial charge in [0.2, 0.25) is 0 Å². The quantitative estimate of drug-likeness (QED) is 0.583. The van der Waals surface area contributed by atoms with E-state index in [9.17, 15) is 20.0 Å². The lowest BCUT2D eigenvalue weighted by Crippen LogP contribution is -2.13. The number of carboxylic acids is 1. The number of fused-ring (bicyclic) bond motifs is 1. The van der Waals surface area contributed by atoms with E-state index >= 15 is 0 Å². The number of hydrogen-bond acceptors (Lipinski definition) is 6. The zero-order valence-corrected chi connectivity index (χ0v) is 15.6. The van der Waals surface area contributed by atoms with Gasteiger partial charge >= 0.3 is 5.97 Å². The summed E-state index contributed by atoms with van der Waals surface area (Å²) in [4.78, 5) is 25.3. The number of thiophene rings is 1. The first-order valence-corrected chi connectivity index (χ1v) is 9.30. The van der Waals surface area contributed by atoms with Gasteiger partial charge in [0.15, 0.2) is 5.78 Å². The smallest absolute Gasteiger partial charge is 0.352 e. The number of nitriles is 1. The van der Waals surface area contributed by atoms with Gasteiger partial charge in [-0.3, -0.25) is 4.79 Å². The average Bonchev–Trinajstić information content (AvgIpc) is 3.04. The van der Waals surface area contributed by atoms with E-state index in [4.69, 9.17) is 4.74 Å². The lowest BCUT2D eigenvalue weighted by molar-refractivity contribution is -0.132. The van der Waals surface area contributed by atoms with Crippen LogP contribution in [-0.2, 0) is 17.6 Å². The maximum absolute atomic E-state index is 12.6. The van der Waals surface area contributed by atoms with Crippen LogP contribution < -0.4 is 10.1 Å². The molecule has 0 saturated heterocycles. The molecule has 27 heavy (non-hydrogen) atoms. The summed E-state index contributed by atoms with van der Waals surface area (Å²) in [5.41, 5.74) is 1.47. The third-order valence-corrected chi connectivity index (χ3v) is 5.62. The molecule has 0 spiro atoms. The summed E-state index contributed by atoms with van der Waals surface area (Å²) in [5.74, 6) is -1.39. The predicted molar refractivity (Wildman–Crippen MR) is 102 cm³/mol. The number of rotatable bonds is 6. The summed E-state index contributed by atoms with van der Waals surface area (Å²) < 4.78 is 5.16. The molecule has 1 aliphatic rings. The van der Waals surface area contributed by atoms with E-state index in [1.807, 2.05) is 0 Å². The largest absolute Gasteiger partial charge is 0.496 e. The van der Waals surface area contributed by atoms with Crippen molar-refractivity contribution in [2.45, 2.75) is 25.7 Å². The van der Waals surface area contributed by atoms with Crippen molar-refractivity contribution in [1.29, 1.82) is 5.26 Å². The lowest BCUT2D eigenvalue weighted by Gasteiger charge is -2.09. The highest BCUT2D eigenvalue weighted by Gasteiger charge is 2.23. The number of methoxy groups -OCH3 is 1. The van der Waals surface area contributed by atoms with Crippen molar-refractivity contribution in [2.24, 2.45) is 0 Å². The number of nitrogens with one attached hydrogen (secondary N) is 1. The molecule has 0 radical (unpaired) electrons. The monoisotopic (exact) mass is 382 g/mol. The first-order chi connectivity index (χ1) is 13.0. The molecule has 0 amide bonds. The SMILES string of the molecule is COc1ccccc1C(=O)C=C(Nc1sc2c(c1C#N)CCCC2)C(=O)O. The number of ether oxygens (including phenoxy) is 1. The molecule has 1 aromatic heterocycles. The molecule has 0 saturated carbocycles. The Balaban J connectivity index is 1.94. The molecule has 0 aliphatic heterocycles. The van der Waals surface area contributed by atoms with Gasteiger partial charge in [-0.15, -0.1) is 11.3 Å². The van der Waals surface area contributed by atoms with Crippen molar-refractivity contribution < 1.29 is 19.4 Å². The van der Waals surface area contributed by atoms with Crippen LogP contribution in [0.5, 0.6) is 5.75 Å². The van der Waals surface area contributed by atoms with Crippen LogP contribution in [0.3, 0.4) is 0 Å². The second-order valence-electron chi connectivity index (χ2n) is 6.08. The van der Waals surface area contributed by atoms with Crippen molar-refractivity contribution in [3.8, 4) is 11.8 Å². The van der Waals surface area contributed by atoms with Gasteiger partial charge in [0, 0.05) is 11.0 Å². The normalized spacial score (nSPS) is 13.4. The third kappa shape index (κ3) is 3.86. The Labute approximate surface area is 160 Å². The molecule has 0 fully saturated rings. The van der Waals surface area contributed by atoms with Gasteiger partial charge in [-0.05, 0) is 43.4 Å². The molecule has 7 heteroatoms. The Kier molecular flexibility index (Phi) is 5.57. The molecule has 1 aromatic carbocycles. The van der Waals surface area contributed by atoms with Gasteiger partial charge in [-0.2, -0.15) is 5.26 Å². The van der Waals surface area contributed by atoms with E-state index in [0.29, 0.717) is 16.3 Å². The molecule has 1 aliphatic carbocycles. The first kappa shape index (κ1) is 18.7. The predicted octanol–water partition coefficient (Wildman–Crippen LogP) is 3.77. The second kappa shape index (κ2) is 8.06. The van der Waals surface area contributed by atoms with Gasteiger partial charge in [-0.1, -0.05) is 12.1 Å². The average molecular weight is 382 g/mol. The third-order valence-electron chi connectivity index (χ3n) is 4.41. The number of carbonyl (C=O) groups is 2. The van der Waals surface area contributed by atoms with E-state index in [2.05, 4.69) is 11.4 Å². The first-order valence-electron chi connectivity index (χ1n) is 8.49. The minimum atomic E-state index is -1.27. The second-order valence-corrected chi connectivity index (χ2v) is 7.18. The highest BCUT2D eigenvalue weighted by molar-refractivity contribution is 7.16. The number of hydrogen-bond donors (Lipinski definition) is 2. The number of carbonyl (C=O) groups excluding carboxylic acids is 1. The van der Waals surface area contributed by atoms with Crippen molar-refractivity contribution in [1.82, 2.24) is 0 Å². The number of para-hydroxylation sites is 1. The van der Waals surface area contributed by atoms with Crippen molar-refractivity contribution in [3.63, 3.8) is 0 Å². The molecule has 0 unspecified atom stereocenters. The zero-order chi connectivity index (χ0) is 19.4. The molecular weight excluding hydrogens is 364 g/mol. The Morgan fingerprint density at radius 1 is 1.30 bits per heavy atom. The fourth-order valence-electron chi connectivity index (χ4n) is 3.10. The number of ketones is 1. The summed E-state index contributed by atoms with van der Waals surface area (Å²) in [7, 11) is 1.45. The van der Waals surface area contributed by atoms with Crippen LogP contribution in [0.2, 0.25) is 0 Å². The molecule has 6 nitrogen and oxygen atoms in total. The van der Waals surface area contributed by atoms with Gasteiger partial charge in [0.1, 0.15) is 22.5 Å². The topological polar surface area (TPSA) is 99.4 Å². The minimum Gasteiger partial charge on any atom is -0.496 e. The van der Waals surface area contributed by atoms with Crippen LogP contribution in [0.25, 0.3) is 0 Å². The summed E-state index contributed by atoms with van der Waals surface area (Å²) in [6, 6.07) is 8.79. The molecule has 2 aromatic rings. The molecule has 1 heterocycles. The van der Waals surface area contributed by atoms with Crippen LogP contribution in [0.15, 0.2) is 36.0 Å². The van der Waals surface area contributed by atoms with E-state index < -0.39 is 11.8 Å². The van der Waals surface area contributed by atoms with Crippen LogP contribution in [-0.4, -0.2) is 24.0 Å². The Bertz CT molecular complexity index is 969. The molecular formula is C20H18N2O4S. The summed E-state index contributed by atoms with van der Waals surface area (Å²) in [6.45, 7) is 0. The minimum absolute atomic E-state index is 0.270. The van der Waals surface area contributed by atoms with Crippen molar-refractivity contribution >= 4 is 28.1 Å². The highest BCUT2D eigenvalue weighted by atomic mass is 32.1. The van der Waals surface area contributed by atoms with Crippen LogP contribution >= 0.6 is 11.3 Å². The Hall–Kier alpha value is -3.11. The fraction of sp³-hybridized carbons (Fsp3) is 0.250. The summed E-state index contributed by atoms with van der Waals surface area (Å²) in [5, 5.41) is 22.3. The zero-order valence-electron chi connectivity index (χ0n) is 14.7. The van der Waals surface area contributed by atoms with Gasteiger partial charge in [0.25, 0.3) is 0 Å². The van der Waals surface area contributed by atoms with E-state index in [1.54, 1.807) is 24.3 Å². The van der Waals surface area contributed by atoms with Crippen molar-refractivity contribution in [2.75, 3.05) is 12.4 Å². The summed E-state index contributed by atoms with van der Waals surface area (Å²) in [6.07, 6.45) is 4.82. The number of benzene rings is 1. The Morgan fingerprint density at radius 3 is 2.74 bits per heavy atom. The maximum atomic E-state index is 12.6. The number of anilines is 1. The van der Waals surface area contributed by atoms with E-state index in [0.717, 1.165) is 42.2 Å². The number of carboxylic acid groups (broad SMARTS) is 1. The Morgan fingerprint density at radius 2 is 2.04 bits per heavy atom. The maximum Gasteiger partial charge on any atom is 0.352 e. The van der Waals surface area contributed by atoms with Gasteiger partial charge in [-0.25, -0.2) is 4.79 Å². The fourth-order valence-corrected chi connectivity index (χ4v) is 4.35. The lowest BCUT2D eigenvalue weighted by atomic mass is 9.96. The van der Waals surface area contributed by atoms with E-state index in [1.165, 1.54) is 18.4 Å². The van der Waals surface area contributed by atoms with Crippen LogP contribution in [0.1, 0.15) is 39.2 Å². The highest BCUT2D eigenvalue weighted by Crippen LogP contribution is 2.38. The molecule has 2 N–H and O–H groups in total. The van der Waals surface area contributed by atoms with Gasteiger partial charge < -0.3 is 15.2 Å². The van der Waals surface area contributed by atoms with Crippen LogP contribution in [0.4, 0.5) is 5.00 Å². The van der Waals surface area contributed by atoms with E-state index in [-0.39, 0.29) is 11.3 Å².